The average molecular weight is 519 g/mol. The number of hydrogen-bond donors (Lipinski definition) is 1. The van der Waals surface area contributed by atoms with Gasteiger partial charge in [-0.15, -0.1) is 0 Å². The van der Waals surface area contributed by atoms with Crippen LogP contribution in [0.25, 0.3) is 5.65 Å². The van der Waals surface area contributed by atoms with Crippen LogP contribution in [0.1, 0.15) is 74.6 Å². The van der Waals surface area contributed by atoms with Gasteiger partial charge >= 0.3 is 0 Å². The van der Waals surface area contributed by atoms with E-state index in [4.69, 9.17) is 4.98 Å². The zero-order valence-electron chi connectivity index (χ0n) is 23.3. The van der Waals surface area contributed by atoms with Crippen molar-refractivity contribution in [2.75, 3.05) is 18.4 Å². The van der Waals surface area contributed by atoms with E-state index in [1.165, 1.54) is 43.4 Å². The molecule has 6 nitrogen and oxygen atoms in total. The minimum Gasteiger partial charge on any atom is -0.374 e. The molecule has 1 aliphatic heterocycles. The topological polar surface area (TPSA) is 58.4 Å². The van der Waals surface area contributed by atoms with Crippen LogP contribution in [0.5, 0.6) is 0 Å². The second-order valence-corrected chi connectivity index (χ2v) is 11.3. The highest BCUT2D eigenvalue weighted by Gasteiger charge is 2.40. The minimum absolute atomic E-state index is 0.149. The molecule has 0 atom stereocenters. The van der Waals surface area contributed by atoms with Gasteiger partial charge in [0, 0.05) is 67.0 Å². The number of rotatable bonds is 7. The highest BCUT2D eigenvalue weighted by atomic mass is 15.3. The summed E-state index contributed by atoms with van der Waals surface area (Å²) in [6.07, 6.45) is 16.7. The molecule has 0 spiro atoms. The Balaban J connectivity index is 1.22. The van der Waals surface area contributed by atoms with Gasteiger partial charge in [-0.25, -0.2) is 4.98 Å². The molecule has 4 aromatic rings. The van der Waals surface area contributed by atoms with Crippen molar-refractivity contribution in [3.8, 4) is 0 Å². The summed E-state index contributed by atoms with van der Waals surface area (Å²) in [4.78, 5) is 12.1. The van der Waals surface area contributed by atoms with Crippen molar-refractivity contribution in [2.45, 2.75) is 69.7 Å². The zero-order chi connectivity index (χ0) is 26.7. The predicted octanol–water partition coefficient (Wildman–Crippen LogP) is 4.98. The van der Waals surface area contributed by atoms with Gasteiger partial charge in [0.1, 0.15) is 13.7 Å². The van der Waals surface area contributed by atoms with E-state index in [1.807, 2.05) is 29.2 Å². The lowest BCUT2D eigenvalue weighted by molar-refractivity contribution is 0.197. The first kappa shape index (κ1) is 25.7. The molecule has 0 radical (unpaired) electrons. The summed E-state index contributed by atoms with van der Waals surface area (Å²) in [5, 5.41) is 8.21. The SMILES string of the molecule is Bc1cnn2c(NCc3cccnc3)cc(C3CCN(/C(=C/C)C4(c5ccccc5)CCCCC4)CC3)nc12. The van der Waals surface area contributed by atoms with Crippen molar-refractivity contribution in [1.82, 2.24) is 24.5 Å². The van der Waals surface area contributed by atoms with Crippen molar-refractivity contribution in [2.24, 2.45) is 0 Å². The number of anilines is 1. The molecule has 6 rings (SSSR count). The number of nitrogens with one attached hydrogen (secondary N) is 1. The lowest BCUT2D eigenvalue weighted by Gasteiger charge is -2.47. The molecule has 39 heavy (non-hydrogen) atoms. The molecule has 0 amide bonds. The summed E-state index contributed by atoms with van der Waals surface area (Å²) < 4.78 is 1.94. The average Bonchev–Trinajstić information content (AvgIpc) is 3.38. The normalized spacial score (nSPS) is 18.4. The van der Waals surface area contributed by atoms with E-state index < -0.39 is 0 Å². The van der Waals surface area contributed by atoms with Crippen LogP contribution >= 0.6 is 0 Å². The Hall–Kier alpha value is -3.61. The summed E-state index contributed by atoms with van der Waals surface area (Å²) in [5.74, 6) is 1.44. The Morgan fingerprint density at radius 3 is 2.56 bits per heavy atom. The molecule has 1 N–H and O–H groups in total. The van der Waals surface area contributed by atoms with Gasteiger partial charge in [-0.05, 0) is 55.3 Å². The van der Waals surface area contributed by atoms with Crippen molar-refractivity contribution < 1.29 is 0 Å². The first-order chi connectivity index (χ1) is 19.2. The van der Waals surface area contributed by atoms with E-state index in [0.29, 0.717) is 12.5 Å². The van der Waals surface area contributed by atoms with E-state index in [1.54, 1.807) is 5.70 Å². The van der Waals surface area contributed by atoms with Crippen LogP contribution in [-0.2, 0) is 12.0 Å². The summed E-state index contributed by atoms with van der Waals surface area (Å²) >= 11 is 0. The third-order valence-electron chi connectivity index (χ3n) is 8.92. The monoisotopic (exact) mass is 518 g/mol. The molecule has 0 bridgehead atoms. The molecule has 1 aliphatic carbocycles. The van der Waals surface area contributed by atoms with Crippen molar-refractivity contribution in [1.29, 1.82) is 0 Å². The number of nitrogens with zero attached hydrogens (tertiary/aromatic N) is 5. The lowest BCUT2D eigenvalue weighted by Crippen LogP contribution is -2.43. The fraction of sp³-hybridized carbons (Fsp3) is 0.406. The van der Waals surface area contributed by atoms with E-state index in [2.05, 4.69) is 83.6 Å². The molecule has 4 heterocycles. The lowest BCUT2D eigenvalue weighted by atomic mass is 9.66. The molecule has 200 valence electrons. The summed E-state index contributed by atoms with van der Waals surface area (Å²) in [6.45, 7) is 5.10. The van der Waals surface area contributed by atoms with Gasteiger partial charge in [0.05, 0.1) is 0 Å². The third kappa shape index (κ3) is 5.07. The fourth-order valence-corrected chi connectivity index (χ4v) is 6.90. The molecule has 3 aromatic heterocycles. The van der Waals surface area contributed by atoms with Gasteiger partial charge in [0.15, 0.2) is 5.65 Å². The van der Waals surface area contributed by atoms with Gasteiger partial charge in [-0.3, -0.25) is 4.98 Å². The highest BCUT2D eigenvalue weighted by molar-refractivity contribution is 6.36. The van der Waals surface area contributed by atoms with E-state index >= 15 is 0 Å². The first-order valence-electron chi connectivity index (χ1n) is 14.6. The number of hydrogen-bond acceptors (Lipinski definition) is 5. The number of likely N-dealkylation sites (tertiary alicyclic amines) is 1. The predicted molar refractivity (Wildman–Crippen MR) is 161 cm³/mol. The van der Waals surface area contributed by atoms with Gasteiger partial charge in [0.2, 0.25) is 0 Å². The maximum absolute atomic E-state index is 5.13. The van der Waals surface area contributed by atoms with Crippen LogP contribution in [0.2, 0.25) is 0 Å². The second-order valence-electron chi connectivity index (χ2n) is 11.3. The maximum atomic E-state index is 5.13. The Morgan fingerprint density at radius 2 is 1.85 bits per heavy atom. The Morgan fingerprint density at radius 1 is 1.05 bits per heavy atom. The molecular formula is C32H39BN6. The summed E-state index contributed by atoms with van der Waals surface area (Å²) in [6, 6.07) is 17.6. The number of pyridine rings is 1. The largest absolute Gasteiger partial charge is 0.374 e. The Bertz CT molecular complexity index is 1420. The van der Waals surface area contributed by atoms with Crippen molar-refractivity contribution in [3.63, 3.8) is 0 Å². The minimum atomic E-state index is 0.149. The first-order valence-corrected chi connectivity index (χ1v) is 14.6. The molecule has 7 heteroatoms. The second kappa shape index (κ2) is 11.2. The van der Waals surface area contributed by atoms with Gasteiger partial charge in [-0.1, -0.05) is 61.7 Å². The van der Waals surface area contributed by atoms with Gasteiger partial charge < -0.3 is 10.2 Å². The van der Waals surface area contributed by atoms with E-state index in [9.17, 15) is 0 Å². The number of aromatic nitrogens is 4. The maximum Gasteiger partial charge on any atom is 0.151 e. The molecule has 2 fully saturated rings. The standard InChI is InChI=1S/C32H39BN6/c1-2-29(32(15-7-4-8-16-32)26-11-5-3-6-12-26)38-18-13-25(14-19-38)28-20-30(35-22-24-10-9-17-34-21-24)39-31(37-28)27(33)23-36-39/h2-3,5-6,9-12,17,20-21,23,25,35H,4,7-8,13-16,18-19,22,33H2,1H3/b29-2+. The van der Waals surface area contributed by atoms with Crippen molar-refractivity contribution in [3.05, 3.63) is 95.7 Å². The van der Waals surface area contributed by atoms with Crippen LogP contribution in [0.15, 0.2) is 78.9 Å². The van der Waals surface area contributed by atoms with Crippen molar-refractivity contribution >= 4 is 24.8 Å². The summed E-state index contributed by atoms with van der Waals surface area (Å²) in [7, 11) is 2.10. The Kier molecular flexibility index (Phi) is 7.40. The van der Waals surface area contributed by atoms with Crippen LogP contribution in [0.3, 0.4) is 0 Å². The quantitative estimate of drug-likeness (QED) is 0.350. The zero-order valence-corrected chi connectivity index (χ0v) is 23.3. The molecule has 1 saturated carbocycles. The molecule has 2 aliphatic rings. The smallest absolute Gasteiger partial charge is 0.151 e. The van der Waals surface area contributed by atoms with Gasteiger partial charge in [0.25, 0.3) is 0 Å². The molecule has 1 aromatic carbocycles. The van der Waals surface area contributed by atoms with Crippen LogP contribution in [-0.4, -0.2) is 45.4 Å². The van der Waals surface area contributed by atoms with Crippen LogP contribution < -0.4 is 10.8 Å². The van der Waals surface area contributed by atoms with Gasteiger partial charge in [-0.2, -0.15) is 9.61 Å². The van der Waals surface area contributed by atoms with Crippen LogP contribution in [0, 0.1) is 0 Å². The summed E-state index contributed by atoms with van der Waals surface area (Å²) in [5.41, 5.74) is 7.57. The Labute approximate surface area is 233 Å². The number of benzene rings is 1. The third-order valence-corrected chi connectivity index (χ3v) is 8.92. The number of allylic oxidation sites excluding steroid dienone is 2. The highest BCUT2D eigenvalue weighted by Crippen LogP contribution is 2.47. The van der Waals surface area contributed by atoms with E-state index in [-0.39, 0.29) is 5.41 Å². The fourth-order valence-electron chi connectivity index (χ4n) is 6.90. The molecule has 0 unspecified atom stereocenters. The van der Waals surface area contributed by atoms with Crippen LogP contribution in [0.4, 0.5) is 5.82 Å². The molecule has 1 saturated heterocycles. The number of piperidine rings is 1. The molecular weight excluding hydrogens is 479 g/mol. The van der Waals surface area contributed by atoms with E-state index in [0.717, 1.165) is 48.4 Å². The number of fused-ring (bicyclic) bond motifs is 1.